The van der Waals surface area contributed by atoms with Crippen LogP contribution in [0.3, 0.4) is 0 Å². The lowest BCUT2D eigenvalue weighted by Crippen LogP contribution is -2.30. The predicted molar refractivity (Wildman–Crippen MR) is 67.0 cm³/mol. The van der Waals surface area contributed by atoms with Crippen molar-refractivity contribution in [1.82, 2.24) is 4.98 Å². The van der Waals surface area contributed by atoms with Gasteiger partial charge in [-0.25, -0.2) is 5.06 Å². The van der Waals surface area contributed by atoms with Gasteiger partial charge in [-0.2, -0.15) is 4.98 Å². The van der Waals surface area contributed by atoms with Crippen molar-refractivity contribution < 1.29 is 9.57 Å². The molecule has 0 saturated carbocycles. The van der Waals surface area contributed by atoms with E-state index in [1.165, 1.54) is 0 Å². The number of nitrogens with two attached hydrogens (primary N) is 1. The molecule has 0 unspecified atom stereocenters. The number of anilines is 2. The van der Waals surface area contributed by atoms with E-state index in [1.807, 2.05) is 24.1 Å². The van der Waals surface area contributed by atoms with Crippen molar-refractivity contribution in [3.63, 3.8) is 0 Å². The molecule has 2 N–H and O–H groups in total. The Morgan fingerprint density at radius 1 is 1.47 bits per heavy atom. The molecule has 0 radical (unpaired) electrons. The third kappa shape index (κ3) is 3.00. The van der Waals surface area contributed by atoms with Crippen LogP contribution in [0.25, 0.3) is 0 Å². The molecule has 5 heteroatoms. The van der Waals surface area contributed by atoms with E-state index in [-0.39, 0.29) is 0 Å². The third-order valence-corrected chi connectivity index (χ3v) is 2.58. The highest BCUT2D eigenvalue weighted by molar-refractivity contribution is 5.53. The number of aromatic nitrogens is 1. The van der Waals surface area contributed by atoms with Gasteiger partial charge in [-0.15, -0.1) is 0 Å². The van der Waals surface area contributed by atoms with Crippen molar-refractivity contribution in [3.05, 3.63) is 12.1 Å². The predicted octanol–water partition coefficient (Wildman–Crippen LogP) is 1.98. The number of ether oxygens (including phenoxy) is 1. The number of pyridine rings is 1. The Bertz CT molecular complexity index is 365. The highest BCUT2D eigenvalue weighted by atomic mass is 16.7. The van der Waals surface area contributed by atoms with Gasteiger partial charge < -0.3 is 10.5 Å². The van der Waals surface area contributed by atoms with E-state index in [0.29, 0.717) is 18.2 Å². The first kappa shape index (κ1) is 12.0. The number of rotatable bonds is 4. The van der Waals surface area contributed by atoms with Gasteiger partial charge in [0, 0.05) is 6.54 Å². The quantitative estimate of drug-likeness (QED) is 0.867. The zero-order valence-electron chi connectivity index (χ0n) is 10.2. The van der Waals surface area contributed by atoms with Crippen LogP contribution in [-0.2, 0) is 4.84 Å². The molecule has 0 amide bonds. The summed E-state index contributed by atoms with van der Waals surface area (Å²) in [4.78, 5) is 9.92. The molecule has 0 aliphatic carbocycles. The van der Waals surface area contributed by atoms with Crippen LogP contribution in [0.2, 0.25) is 0 Å². The van der Waals surface area contributed by atoms with E-state index in [9.17, 15) is 0 Å². The fourth-order valence-corrected chi connectivity index (χ4v) is 1.67. The number of hydroxylamine groups is 1. The van der Waals surface area contributed by atoms with Crippen LogP contribution in [0.15, 0.2) is 12.1 Å². The molecule has 1 aliphatic rings. The summed E-state index contributed by atoms with van der Waals surface area (Å²) in [6, 6.07) is 3.67. The van der Waals surface area contributed by atoms with Crippen LogP contribution in [-0.4, -0.2) is 24.7 Å². The second-order valence-corrected chi connectivity index (χ2v) is 4.05. The zero-order valence-corrected chi connectivity index (χ0v) is 10.2. The first-order chi connectivity index (χ1) is 8.31. The molecule has 1 fully saturated rings. The minimum absolute atomic E-state index is 0.499. The largest absolute Gasteiger partial charge is 0.476 e. The maximum Gasteiger partial charge on any atom is 0.239 e. The lowest BCUT2D eigenvalue weighted by molar-refractivity contribution is 0.0758. The summed E-state index contributed by atoms with van der Waals surface area (Å²) < 4.78 is 5.50. The first-order valence-corrected chi connectivity index (χ1v) is 6.11. The Morgan fingerprint density at radius 2 is 2.35 bits per heavy atom. The van der Waals surface area contributed by atoms with Gasteiger partial charge in [0.2, 0.25) is 5.88 Å². The van der Waals surface area contributed by atoms with Gasteiger partial charge in [0.05, 0.1) is 18.9 Å². The fraction of sp³-hybridized carbons (Fsp3) is 0.583. The van der Waals surface area contributed by atoms with Gasteiger partial charge in [0.1, 0.15) is 0 Å². The van der Waals surface area contributed by atoms with Crippen molar-refractivity contribution >= 4 is 11.5 Å². The lowest BCUT2D eigenvalue weighted by Gasteiger charge is -2.27. The maximum atomic E-state index is 5.81. The minimum Gasteiger partial charge on any atom is -0.476 e. The second-order valence-electron chi connectivity index (χ2n) is 4.05. The van der Waals surface area contributed by atoms with Gasteiger partial charge >= 0.3 is 0 Å². The maximum absolute atomic E-state index is 5.81. The van der Waals surface area contributed by atoms with Gasteiger partial charge in [-0.3, -0.25) is 4.84 Å². The van der Waals surface area contributed by atoms with Gasteiger partial charge in [0.25, 0.3) is 0 Å². The van der Waals surface area contributed by atoms with E-state index in [2.05, 4.69) is 4.98 Å². The SMILES string of the molecule is CCCOc1nc(N2CCCCO2)ccc1N. The van der Waals surface area contributed by atoms with E-state index in [1.54, 1.807) is 0 Å². The molecule has 94 valence electrons. The van der Waals surface area contributed by atoms with Crippen LogP contribution in [0, 0.1) is 0 Å². The van der Waals surface area contributed by atoms with Crippen molar-refractivity contribution in [3.8, 4) is 5.88 Å². The average Bonchev–Trinajstić information content (AvgIpc) is 2.39. The number of nitrogen functional groups attached to an aromatic ring is 1. The Balaban J connectivity index is 2.11. The molecule has 2 rings (SSSR count). The molecule has 1 aliphatic heterocycles. The summed E-state index contributed by atoms with van der Waals surface area (Å²) in [6.45, 7) is 4.29. The summed E-state index contributed by atoms with van der Waals surface area (Å²) in [5, 5.41) is 1.81. The van der Waals surface area contributed by atoms with Crippen molar-refractivity contribution in [2.75, 3.05) is 30.6 Å². The van der Waals surface area contributed by atoms with E-state index < -0.39 is 0 Å². The topological polar surface area (TPSA) is 60.6 Å². The van der Waals surface area contributed by atoms with E-state index in [4.69, 9.17) is 15.3 Å². The molecule has 5 nitrogen and oxygen atoms in total. The molecule has 0 atom stereocenters. The highest BCUT2D eigenvalue weighted by Gasteiger charge is 2.14. The fourth-order valence-electron chi connectivity index (χ4n) is 1.67. The van der Waals surface area contributed by atoms with Crippen molar-refractivity contribution in [1.29, 1.82) is 0 Å². The summed E-state index contributed by atoms with van der Waals surface area (Å²) in [6.07, 6.45) is 3.16. The molecular formula is C12H19N3O2. The molecule has 1 aromatic rings. The van der Waals surface area contributed by atoms with Crippen LogP contribution in [0.5, 0.6) is 5.88 Å². The molecule has 0 aromatic carbocycles. The second kappa shape index (κ2) is 5.72. The van der Waals surface area contributed by atoms with Gasteiger partial charge in [-0.1, -0.05) is 6.92 Å². The van der Waals surface area contributed by atoms with Crippen LogP contribution in [0.4, 0.5) is 11.5 Å². The first-order valence-electron chi connectivity index (χ1n) is 6.11. The van der Waals surface area contributed by atoms with Gasteiger partial charge in [-0.05, 0) is 31.4 Å². The Kier molecular flexibility index (Phi) is 4.03. The van der Waals surface area contributed by atoms with Crippen LogP contribution >= 0.6 is 0 Å². The summed E-state index contributed by atoms with van der Waals surface area (Å²) >= 11 is 0. The molecular weight excluding hydrogens is 218 g/mol. The normalized spacial score (nSPS) is 15.9. The molecule has 1 saturated heterocycles. The Morgan fingerprint density at radius 3 is 3.06 bits per heavy atom. The zero-order chi connectivity index (χ0) is 12.1. The van der Waals surface area contributed by atoms with Crippen LogP contribution < -0.4 is 15.5 Å². The van der Waals surface area contributed by atoms with Gasteiger partial charge in [0.15, 0.2) is 5.82 Å². The minimum atomic E-state index is 0.499. The monoisotopic (exact) mass is 237 g/mol. The van der Waals surface area contributed by atoms with Crippen LogP contribution in [0.1, 0.15) is 26.2 Å². The standard InChI is InChI=1S/C12H19N3O2/c1-2-8-16-12-10(13)5-6-11(14-12)15-7-3-4-9-17-15/h5-6H,2-4,7-9,13H2,1H3. The number of hydrogen-bond donors (Lipinski definition) is 1. The molecule has 17 heavy (non-hydrogen) atoms. The van der Waals surface area contributed by atoms with E-state index >= 15 is 0 Å². The smallest absolute Gasteiger partial charge is 0.239 e. The highest BCUT2D eigenvalue weighted by Crippen LogP contribution is 2.24. The number of hydrogen-bond acceptors (Lipinski definition) is 5. The molecule has 0 bridgehead atoms. The van der Waals surface area contributed by atoms with Crippen molar-refractivity contribution in [2.24, 2.45) is 0 Å². The lowest BCUT2D eigenvalue weighted by atomic mass is 10.3. The Labute approximate surface area is 101 Å². The average molecular weight is 237 g/mol. The Hall–Kier alpha value is -1.49. The molecule has 0 spiro atoms. The summed E-state index contributed by atoms with van der Waals surface area (Å²) in [7, 11) is 0. The third-order valence-electron chi connectivity index (χ3n) is 2.58. The van der Waals surface area contributed by atoms with E-state index in [0.717, 1.165) is 38.2 Å². The molecule has 1 aromatic heterocycles. The number of nitrogens with zero attached hydrogens (tertiary/aromatic N) is 2. The van der Waals surface area contributed by atoms with Crippen molar-refractivity contribution in [2.45, 2.75) is 26.2 Å². The summed E-state index contributed by atoms with van der Waals surface area (Å²) in [5.41, 5.74) is 6.38. The summed E-state index contributed by atoms with van der Waals surface area (Å²) in [5.74, 6) is 1.27. The molecule has 2 heterocycles.